The van der Waals surface area contributed by atoms with E-state index in [0.29, 0.717) is 0 Å². The van der Waals surface area contributed by atoms with E-state index in [1.165, 1.54) is 25.3 Å². The smallest absolute Gasteiger partial charge is 0.251 e. The molecule has 0 aliphatic rings. The lowest BCUT2D eigenvalue weighted by Gasteiger charge is -2.16. The van der Waals surface area contributed by atoms with Crippen molar-refractivity contribution < 1.29 is 17.9 Å². The zero-order valence-electron chi connectivity index (χ0n) is 17.1. The van der Waals surface area contributed by atoms with Gasteiger partial charge in [-0.2, -0.15) is 0 Å². The second-order valence-electron chi connectivity index (χ2n) is 6.93. The van der Waals surface area contributed by atoms with E-state index in [2.05, 4.69) is 26.0 Å². The van der Waals surface area contributed by atoms with Gasteiger partial charge in [-0.15, -0.1) is 0 Å². The third-order valence-corrected chi connectivity index (χ3v) is 6.64. The van der Waals surface area contributed by atoms with Crippen molar-refractivity contribution in [3.8, 4) is 5.75 Å². The monoisotopic (exact) mass is 502 g/mol. The Bertz CT molecular complexity index is 1170. The lowest BCUT2D eigenvalue weighted by Crippen LogP contribution is -2.28. The Kier molecular flexibility index (Phi) is 7.48. The van der Waals surface area contributed by atoms with Crippen LogP contribution in [0.2, 0.25) is 0 Å². The minimum Gasteiger partial charge on any atom is -0.495 e. The van der Waals surface area contributed by atoms with Crippen LogP contribution in [0.3, 0.4) is 0 Å². The molecule has 3 aromatic rings. The number of benzene rings is 3. The molecule has 0 heterocycles. The fourth-order valence-corrected chi connectivity index (χ4v) is 4.65. The summed E-state index contributed by atoms with van der Waals surface area (Å²) in [6.45, 7) is 1.99. The second kappa shape index (κ2) is 10.1. The van der Waals surface area contributed by atoms with Gasteiger partial charge in [-0.05, 0) is 48.4 Å². The number of hydrogen-bond donors (Lipinski definition) is 2. The Morgan fingerprint density at radius 3 is 2.45 bits per heavy atom. The maximum Gasteiger partial charge on any atom is 0.251 e. The molecule has 6 nitrogen and oxygen atoms in total. The van der Waals surface area contributed by atoms with Gasteiger partial charge in [0.2, 0.25) is 10.0 Å². The van der Waals surface area contributed by atoms with E-state index in [9.17, 15) is 13.2 Å². The zero-order chi connectivity index (χ0) is 22.4. The first-order valence-electron chi connectivity index (χ1n) is 9.58. The summed E-state index contributed by atoms with van der Waals surface area (Å²) in [6, 6.07) is 20.9. The number of carbonyl (C=O) groups excluding carboxylic acids is 1. The number of methoxy groups -OCH3 is 1. The minimum absolute atomic E-state index is 0.0892. The molecule has 0 aromatic heterocycles. The molecule has 0 saturated carbocycles. The van der Waals surface area contributed by atoms with Crippen LogP contribution in [-0.2, 0) is 16.6 Å². The topological polar surface area (TPSA) is 84.5 Å². The van der Waals surface area contributed by atoms with Crippen LogP contribution in [0.4, 0.5) is 0 Å². The van der Waals surface area contributed by atoms with Gasteiger partial charge in [0.25, 0.3) is 5.91 Å². The van der Waals surface area contributed by atoms with Gasteiger partial charge in [0.1, 0.15) is 10.6 Å². The van der Waals surface area contributed by atoms with Gasteiger partial charge in [0.05, 0.1) is 13.2 Å². The summed E-state index contributed by atoms with van der Waals surface area (Å²) in [5.74, 6) is -0.216. The van der Waals surface area contributed by atoms with Crippen LogP contribution in [0.25, 0.3) is 0 Å². The third kappa shape index (κ3) is 5.94. The summed E-state index contributed by atoms with van der Waals surface area (Å²) < 4.78 is 34.5. The molecule has 2 N–H and O–H groups in total. The predicted octanol–water partition coefficient (Wildman–Crippen LogP) is 4.43. The summed E-state index contributed by atoms with van der Waals surface area (Å²) >= 11 is 3.42. The maximum absolute atomic E-state index is 12.9. The highest BCUT2D eigenvalue weighted by Crippen LogP contribution is 2.26. The minimum atomic E-state index is -3.90. The number of carbonyl (C=O) groups is 1. The van der Waals surface area contributed by atoms with Crippen molar-refractivity contribution in [1.82, 2.24) is 10.0 Å². The van der Waals surface area contributed by atoms with Crippen LogP contribution in [0, 0.1) is 0 Å². The summed E-state index contributed by atoms with van der Waals surface area (Å²) in [4.78, 5) is 12.7. The Morgan fingerprint density at radius 1 is 1.03 bits per heavy atom. The van der Waals surface area contributed by atoms with E-state index in [4.69, 9.17) is 4.74 Å². The van der Waals surface area contributed by atoms with Gasteiger partial charge in [-0.3, -0.25) is 4.79 Å². The number of nitrogens with one attached hydrogen (secondary N) is 2. The fourth-order valence-electron chi connectivity index (χ4n) is 3.02. The highest BCUT2D eigenvalue weighted by molar-refractivity contribution is 9.10. The predicted molar refractivity (Wildman–Crippen MR) is 123 cm³/mol. The van der Waals surface area contributed by atoms with Crippen molar-refractivity contribution in [2.45, 2.75) is 24.4 Å². The van der Waals surface area contributed by atoms with E-state index in [-0.39, 0.29) is 34.7 Å². The van der Waals surface area contributed by atoms with Gasteiger partial charge in [-0.1, -0.05) is 58.4 Å². The van der Waals surface area contributed by atoms with Crippen molar-refractivity contribution >= 4 is 31.9 Å². The van der Waals surface area contributed by atoms with Gasteiger partial charge < -0.3 is 10.1 Å². The highest BCUT2D eigenvalue weighted by atomic mass is 79.9. The van der Waals surface area contributed by atoms with Crippen molar-refractivity contribution in [3.63, 3.8) is 0 Å². The molecule has 0 aliphatic heterocycles. The van der Waals surface area contributed by atoms with Gasteiger partial charge in [0, 0.05) is 16.6 Å². The molecule has 0 unspecified atom stereocenters. The average Bonchev–Trinajstić information content (AvgIpc) is 2.78. The van der Waals surface area contributed by atoms with Gasteiger partial charge >= 0.3 is 0 Å². The Labute approximate surface area is 190 Å². The number of halogens is 1. The SMILES string of the molecule is COc1ccc(C(=O)N[C@H](C)c2cccc(Br)c2)cc1S(=O)(=O)NCc1ccccc1. The fraction of sp³-hybridized carbons (Fsp3) is 0.174. The highest BCUT2D eigenvalue weighted by Gasteiger charge is 2.22. The molecular formula is C23H23BrN2O4S. The molecule has 162 valence electrons. The van der Waals surface area contributed by atoms with Crippen molar-refractivity contribution in [3.05, 3.63) is 94.0 Å². The molecule has 0 saturated heterocycles. The normalized spacial score (nSPS) is 12.2. The molecule has 31 heavy (non-hydrogen) atoms. The average molecular weight is 503 g/mol. The van der Waals surface area contributed by atoms with E-state index in [1.54, 1.807) is 0 Å². The largest absolute Gasteiger partial charge is 0.495 e. The van der Waals surface area contributed by atoms with Crippen LogP contribution in [-0.4, -0.2) is 21.4 Å². The number of ether oxygens (including phenoxy) is 1. The van der Waals surface area contributed by atoms with Crippen LogP contribution < -0.4 is 14.8 Å². The molecule has 0 radical (unpaired) electrons. The van der Waals surface area contributed by atoms with E-state index in [0.717, 1.165) is 15.6 Å². The summed E-state index contributed by atoms with van der Waals surface area (Å²) in [7, 11) is -2.52. The molecule has 3 aromatic carbocycles. The van der Waals surface area contributed by atoms with Crippen LogP contribution in [0.15, 0.2) is 82.2 Å². The van der Waals surface area contributed by atoms with Crippen molar-refractivity contribution in [2.75, 3.05) is 7.11 Å². The van der Waals surface area contributed by atoms with Crippen molar-refractivity contribution in [1.29, 1.82) is 0 Å². The first-order chi connectivity index (χ1) is 14.8. The summed E-state index contributed by atoms with van der Waals surface area (Å²) in [5.41, 5.74) is 1.97. The molecule has 0 bridgehead atoms. The molecule has 0 fully saturated rings. The lowest BCUT2D eigenvalue weighted by atomic mass is 10.1. The first kappa shape index (κ1) is 23.0. The molecule has 0 spiro atoms. The van der Waals surface area contributed by atoms with E-state index in [1.807, 2.05) is 61.5 Å². The summed E-state index contributed by atoms with van der Waals surface area (Å²) in [5, 5.41) is 2.90. The quantitative estimate of drug-likeness (QED) is 0.477. The number of sulfonamides is 1. The number of amides is 1. The van der Waals surface area contributed by atoms with Gasteiger partial charge in [0.15, 0.2) is 0 Å². The Hall–Kier alpha value is -2.68. The summed E-state index contributed by atoms with van der Waals surface area (Å²) in [6.07, 6.45) is 0. The second-order valence-corrected chi connectivity index (χ2v) is 9.58. The molecular weight excluding hydrogens is 480 g/mol. The molecule has 1 amide bonds. The Balaban J connectivity index is 1.81. The van der Waals surface area contributed by atoms with Crippen LogP contribution >= 0.6 is 15.9 Å². The lowest BCUT2D eigenvalue weighted by molar-refractivity contribution is 0.0939. The van der Waals surface area contributed by atoms with Crippen LogP contribution in [0.5, 0.6) is 5.75 Å². The van der Waals surface area contributed by atoms with Crippen LogP contribution in [0.1, 0.15) is 34.5 Å². The van der Waals surface area contributed by atoms with E-state index >= 15 is 0 Å². The van der Waals surface area contributed by atoms with E-state index < -0.39 is 10.0 Å². The number of rotatable bonds is 8. The third-order valence-electron chi connectivity index (χ3n) is 4.72. The zero-order valence-corrected chi connectivity index (χ0v) is 19.5. The maximum atomic E-state index is 12.9. The molecule has 3 rings (SSSR count). The number of hydrogen-bond acceptors (Lipinski definition) is 4. The molecule has 1 atom stereocenters. The Morgan fingerprint density at radius 2 is 1.77 bits per heavy atom. The molecule has 8 heteroatoms. The van der Waals surface area contributed by atoms with Crippen molar-refractivity contribution in [2.24, 2.45) is 0 Å². The standard InChI is InChI=1S/C23H23BrN2O4S/c1-16(18-9-6-10-20(24)13-18)26-23(27)19-11-12-21(30-2)22(14-19)31(28,29)25-15-17-7-4-3-5-8-17/h3-14,16,25H,15H2,1-2H3,(H,26,27)/t16-/m1/s1. The first-order valence-corrected chi connectivity index (χ1v) is 11.9. The van der Waals surface area contributed by atoms with Gasteiger partial charge in [-0.25, -0.2) is 13.1 Å². The molecule has 0 aliphatic carbocycles.